The number of rotatable bonds is 1. The zero-order chi connectivity index (χ0) is 20.1. The highest BCUT2D eigenvalue weighted by molar-refractivity contribution is 5.87. The zero-order valence-corrected chi connectivity index (χ0v) is 14.2. The summed E-state index contributed by atoms with van der Waals surface area (Å²) in [5, 5.41) is 10.1. The first-order valence-electron chi connectivity index (χ1n) is 8.21. The number of halogens is 3. The molecular weight excluding hydrogens is 371 g/mol. The molecule has 0 saturated carbocycles. The first-order valence-corrected chi connectivity index (χ1v) is 8.21. The normalized spacial score (nSPS) is 16.4. The van der Waals surface area contributed by atoms with Gasteiger partial charge in [0, 0.05) is 5.39 Å². The molecule has 140 valence electrons. The Bertz CT molecular complexity index is 1240. The number of hydrogen-bond acceptors (Lipinski definition) is 4. The van der Waals surface area contributed by atoms with Gasteiger partial charge in [0.2, 0.25) is 5.88 Å². The minimum absolute atomic E-state index is 0.0452. The molecule has 0 aliphatic carbocycles. The fraction of sp³-hybridized carbons (Fsp3) is 0.100. The highest BCUT2D eigenvalue weighted by Crippen LogP contribution is 2.43. The maximum Gasteiger partial charge on any atom is 0.416 e. The number of nitrogens with one attached hydrogen (secondary N) is 1. The topological polar surface area (TPSA) is 91.9 Å². The van der Waals surface area contributed by atoms with Gasteiger partial charge in [0.15, 0.2) is 0 Å². The zero-order valence-electron chi connectivity index (χ0n) is 14.2. The lowest BCUT2D eigenvalue weighted by Crippen LogP contribution is -2.28. The Morgan fingerprint density at radius 3 is 2.61 bits per heavy atom. The minimum Gasteiger partial charge on any atom is -0.439 e. The van der Waals surface area contributed by atoms with Crippen LogP contribution in [-0.4, -0.2) is 4.98 Å². The number of fused-ring (bicyclic) bond motifs is 3. The predicted molar refractivity (Wildman–Crippen MR) is 95.3 cm³/mol. The van der Waals surface area contributed by atoms with E-state index in [1.165, 1.54) is 12.1 Å². The van der Waals surface area contributed by atoms with Crippen LogP contribution in [0.5, 0.6) is 5.75 Å². The molecule has 4 rings (SSSR count). The number of hydrogen-bond donors (Lipinski definition) is 2. The molecule has 0 amide bonds. The number of nitriles is 1. The number of nitrogens with two attached hydrogens (primary N) is 1. The molecule has 0 radical (unpaired) electrons. The van der Waals surface area contributed by atoms with Gasteiger partial charge in [-0.2, -0.15) is 18.4 Å². The Kier molecular flexibility index (Phi) is 3.89. The van der Waals surface area contributed by atoms with Gasteiger partial charge in [-0.05, 0) is 23.8 Å². The van der Waals surface area contributed by atoms with Crippen molar-refractivity contribution in [1.29, 1.82) is 5.26 Å². The molecule has 1 aliphatic heterocycles. The quantitative estimate of drug-likeness (QED) is 0.669. The van der Waals surface area contributed by atoms with E-state index in [-0.39, 0.29) is 28.3 Å². The third-order valence-corrected chi connectivity index (χ3v) is 4.63. The summed E-state index contributed by atoms with van der Waals surface area (Å²) in [7, 11) is 0. The molecular formula is C20H12F3N3O2. The SMILES string of the molecule is N#CC1=C(N)Oc2c(c(=O)[nH]c3ccccc23)[C@H]1c1cccc(C(F)(F)F)c1. The summed E-state index contributed by atoms with van der Waals surface area (Å²) in [6.45, 7) is 0. The molecule has 1 atom stereocenters. The number of ether oxygens (including phenoxy) is 1. The van der Waals surface area contributed by atoms with Crippen LogP contribution >= 0.6 is 0 Å². The molecule has 28 heavy (non-hydrogen) atoms. The summed E-state index contributed by atoms with van der Waals surface area (Å²) in [5.74, 6) is -1.18. The van der Waals surface area contributed by atoms with E-state index < -0.39 is 23.2 Å². The van der Waals surface area contributed by atoms with Gasteiger partial charge in [-0.25, -0.2) is 0 Å². The van der Waals surface area contributed by atoms with Crippen molar-refractivity contribution in [3.63, 3.8) is 0 Å². The predicted octanol–water partition coefficient (Wildman–Crippen LogP) is 3.77. The second kappa shape index (κ2) is 6.16. The van der Waals surface area contributed by atoms with E-state index >= 15 is 0 Å². The van der Waals surface area contributed by atoms with Gasteiger partial charge in [-0.15, -0.1) is 0 Å². The van der Waals surface area contributed by atoms with Gasteiger partial charge in [-0.1, -0.05) is 30.3 Å². The molecule has 0 fully saturated rings. The van der Waals surface area contributed by atoms with E-state index in [4.69, 9.17) is 10.5 Å². The van der Waals surface area contributed by atoms with E-state index in [0.717, 1.165) is 12.1 Å². The van der Waals surface area contributed by atoms with Crippen molar-refractivity contribution in [3.8, 4) is 11.8 Å². The summed E-state index contributed by atoms with van der Waals surface area (Å²) in [6, 6.07) is 13.2. The van der Waals surface area contributed by atoms with Crippen LogP contribution in [0.2, 0.25) is 0 Å². The van der Waals surface area contributed by atoms with Crippen LogP contribution in [-0.2, 0) is 6.18 Å². The van der Waals surface area contributed by atoms with Crippen molar-refractivity contribution in [2.45, 2.75) is 12.1 Å². The van der Waals surface area contributed by atoms with Gasteiger partial charge >= 0.3 is 6.18 Å². The second-order valence-electron chi connectivity index (χ2n) is 6.29. The van der Waals surface area contributed by atoms with Crippen LogP contribution in [0.1, 0.15) is 22.6 Å². The average molecular weight is 383 g/mol. The number of aromatic amines is 1. The van der Waals surface area contributed by atoms with E-state index in [1.807, 2.05) is 6.07 Å². The maximum absolute atomic E-state index is 13.2. The smallest absolute Gasteiger partial charge is 0.416 e. The fourth-order valence-electron chi connectivity index (χ4n) is 3.40. The molecule has 0 spiro atoms. The second-order valence-corrected chi connectivity index (χ2v) is 6.29. The Morgan fingerprint density at radius 1 is 1.14 bits per heavy atom. The van der Waals surface area contributed by atoms with Gasteiger partial charge < -0.3 is 15.5 Å². The summed E-state index contributed by atoms with van der Waals surface area (Å²) < 4.78 is 45.1. The van der Waals surface area contributed by atoms with Crippen molar-refractivity contribution in [1.82, 2.24) is 4.98 Å². The van der Waals surface area contributed by atoms with Crippen molar-refractivity contribution in [2.75, 3.05) is 0 Å². The highest BCUT2D eigenvalue weighted by Gasteiger charge is 2.36. The molecule has 2 heterocycles. The molecule has 1 aliphatic rings. The lowest BCUT2D eigenvalue weighted by molar-refractivity contribution is -0.137. The number of nitrogens with zero attached hydrogens (tertiary/aromatic N) is 1. The molecule has 3 aromatic rings. The van der Waals surface area contributed by atoms with Crippen molar-refractivity contribution in [2.24, 2.45) is 5.73 Å². The Balaban J connectivity index is 2.05. The number of benzene rings is 2. The number of H-pyrrole nitrogens is 1. The van der Waals surface area contributed by atoms with E-state index in [9.17, 15) is 23.2 Å². The van der Waals surface area contributed by atoms with Crippen LogP contribution < -0.4 is 16.0 Å². The molecule has 0 saturated heterocycles. The molecule has 5 nitrogen and oxygen atoms in total. The minimum atomic E-state index is -4.57. The largest absolute Gasteiger partial charge is 0.439 e. The van der Waals surface area contributed by atoms with Crippen molar-refractivity contribution >= 4 is 10.9 Å². The molecule has 0 unspecified atom stereocenters. The maximum atomic E-state index is 13.2. The molecule has 3 N–H and O–H groups in total. The van der Waals surface area contributed by atoms with Gasteiger partial charge in [0.25, 0.3) is 5.56 Å². The Morgan fingerprint density at radius 2 is 1.89 bits per heavy atom. The summed E-state index contributed by atoms with van der Waals surface area (Å²) in [4.78, 5) is 15.5. The lowest BCUT2D eigenvalue weighted by atomic mass is 9.83. The fourth-order valence-corrected chi connectivity index (χ4v) is 3.40. The average Bonchev–Trinajstić information content (AvgIpc) is 2.66. The van der Waals surface area contributed by atoms with Crippen molar-refractivity contribution < 1.29 is 17.9 Å². The van der Waals surface area contributed by atoms with E-state index in [0.29, 0.717) is 10.9 Å². The number of alkyl halides is 3. The lowest BCUT2D eigenvalue weighted by Gasteiger charge is -2.27. The molecule has 8 heteroatoms. The molecule has 2 aromatic carbocycles. The van der Waals surface area contributed by atoms with Crippen LogP contribution in [0, 0.1) is 11.3 Å². The van der Waals surface area contributed by atoms with E-state index in [1.54, 1.807) is 24.3 Å². The van der Waals surface area contributed by atoms with E-state index in [2.05, 4.69) is 4.98 Å². The highest BCUT2D eigenvalue weighted by atomic mass is 19.4. The number of para-hydroxylation sites is 1. The van der Waals surface area contributed by atoms with Crippen LogP contribution in [0.25, 0.3) is 10.9 Å². The Labute approximate surface area is 156 Å². The Hall–Kier alpha value is -3.73. The standard InChI is InChI=1S/C20H12F3N3O2/c21-20(22,23)11-5-3-4-10(8-11)15-13(9-24)18(25)28-17-12-6-1-2-7-14(12)26-19(27)16(15)17/h1-8,15H,25H2,(H,26,27)/t15-/m0/s1. The van der Waals surface area contributed by atoms with Crippen LogP contribution in [0.3, 0.4) is 0 Å². The third kappa shape index (κ3) is 2.68. The first kappa shape index (κ1) is 17.7. The van der Waals surface area contributed by atoms with Gasteiger partial charge in [0.05, 0.1) is 22.6 Å². The monoisotopic (exact) mass is 383 g/mol. The molecule has 0 bridgehead atoms. The number of pyridine rings is 1. The summed E-state index contributed by atoms with van der Waals surface area (Å²) in [6.07, 6.45) is -4.57. The third-order valence-electron chi connectivity index (χ3n) is 4.63. The molecule has 1 aromatic heterocycles. The van der Waals surface area contributed by atoms with Gasteiger partial charge in [0.1, 0.15) is 17.4 Å². The van der Waals surface area contributed by atoms with Crippen LogP contribution in [0.4, 0.5) is 13.2 Å². The number of aromatic nitrogens is 1. The number of allylic oxidation sites excluding steroid dienone is 1. The van der Waals surface area contributed by atoms with Gasteiger partial charge in [-0.3, -0.25) is 4.79 Å². The first-order chi connectivity index (χ1) is 13.3. The van der Waals surface area contributed by atoms with Crippen LogP contribution in [0.15, 0.2) is 64.8 Å². The summed E-state index contributed by atoms with van der Waals surface area (Å²) >= 11 is 0. The van der Waals surface area contributed by atoms with Crippen molar-refractivity contribution in [3.05, 3.63) is 87.0 Å². The summed E-state index contributed by atoms with van der Waals surface area (Å²) in [5.41, 5.74) is 5.00.